The van der Waals surface area contributed by atoms with Gasteiger partial charge in [0.15, 0.2) is 0 Å². The van der Waals surface area contributed by atoms with Crippen molar-refractivity contribution in [3.05, 3.63) is 24.3 Å². The van der Waals surface area contributed by atoms with Crippen molar-refractivity contribution in [3.8, 4) is 0 Å². The second kappa shape index (κ2) is 23.6. The van der Waals surface area contributed by atoms with Gasteiger partial charge in [0.2, 0.25) is 0 Å². The maximum Gasteiger partial charge on any atom is 0.268 e. The van der Waals surface area contributed by atoms with Crippen LogP contribution in [0.3, 0.4) is 0 Å². The second-order valence-electron chi connectivity index (χ2n) is 10.6. The van der Waals surface area contributed by atoms with Crippen LogP contribution >= 0.6 is 7.82 Å². The lowest BCUT2D eigenvalue weighted by atomic mass is 10.1. The SMILES string of the molecule is CCCCC/C=C\C/C=C\CCCCCCCCCCOCC(O)COP(=O)([O-])OCC[N+](C)(C)C. The normalized spacial score (nSPS) is 15.2. The molecule has 0 saturated heterocycles. The van der Waals surface area contributed by atoms with Crippen molar-refractivity contribution in [1.29, 1.82) is 0 Å². The molecule has 2 atom stereocenters. The number of aliphatic hydroxyl groups is 1. The standard InChI is InChI=1S/C28H56NO6P/c1-5-6-7-8-9-10-11-12-13-14-15-16-17-18-19-20-21-22-24-33-26-28(30)27-35-36(31,32)34-25-23-29(2,3)4/h9-10,12-13,28,30H,5-8,11,14-27H2,1-4H3/b10-9-,13-12-. The molecule has 0 amide bonds. The van der Waals surface area contributed by atoms with Gasteiger partial charge in [0, 0.05) is 6.61 Å². The fraction of sp³-hybridized carbons (Fsp3) is 0.857. The van der Waals surface area contributed by atoms with Crippen molar-refractivity contribution in [2.75, 3.05) is 54.1 Å². The molecule has 8 heteroatoms. The number of hydrogen-bond acceptors (Lipinski definition) is 6. The van der Waals surface area contributed by atoms with Gasteiger partial charge in [0.1, 0.15) is 19.3 Å². The zero-order valence-corrected chi connectivity index (χ0v) is 24.6. The molecule has 0 aliphatic rings. The molecule has 7 nitrogen and oxygen atoms in total. The number of rotatable bonds is 26. The number of aliphatic hydroxyl groups excluding tert-OH is 1. The summed E-state index contributed by atoms with van der Waals surface area (Å²) in [5, 5.41) is 9.84. The molecule has 0 heterocycles. The van der Waals surface area contributed by atoms with Gasteiger partial charge in [-0.05, 0) is 38.5 Å². The molecule has 0 aliphatic carbocycles. The second-order valence-corrected chi connectivity index (χ2v) is 12.0. The number of likely N-dealkylation sites (N-methyl/N-ethyl adjacent to an activating group) is 1. The maximum absolute atomic E-state index is 11.7. The van der Waals surface area contributed by atoms with E-state index in [1.165, 1.54) is 70.6 Å². The molecule has 0 bridgehead atoms. The average molecular weight is 534 g/mol. The van der Waals surface area contributed by atoms with Crippen LogP contribution in [0.5, 0.6) is 0 Å². The number of quaternary nitrogens is 1. The summed E-state index contributed by atoms with van der Waals surface area (Å²) < 4.78 is 27.3. The van der Waals surface area contributed by atoms with Gasteiger partial charge in [-0.25, -0.2) is 0 Å². The van der Waals surface area contributed by atoms with E-state index in [2.05, 4.69) is 31.2 Å². The maximum atomic E-state index is 11.7. The third-order valence-electron chi connectivity index (χ3n) is 5.74. The lowest BCUT2D eigenvalue weighted by Crippen LogP contribution is -2.37. The highest BCUT2D eigenvalue weighted by Crippen LogP contribution is 2.38. The predicted octanol–water partition coefficient (Wildman–Crippen LogP) is 6.17. The summed E-state index contributed by atoms with van der Waals surface area (Å²) >= 11 is 0. The molecule has 0 aliphatic heterocycles. The lowest BCUT2D eigenvalue weighted by Gasteiger charge is -2.27. The number of allylic oxidation sites excluding steroid dienone is 4. The zero-order valence-electron chi connectivity index (χ0n) is 23.7. The molecule has 0 fully saturated rings. The van der Waals surface area contributed by atoms with E-state index in [-0.39, 0.29) is 19.8 Å². The first-order chi connectivity index (χ1) is 17.2. The Kier molecular flexibility index (Phi) is 23.2. The summed E-state index contributed by atoms with van der Waals surface area (Å²) in [5.41, 5.74) is 0. The van der Waals surface area contributed by atoms with Gasteiger partial charge in [-0.3, -0.25) is 4.57 Å². The Bertz CT molecular complexity index is 591. The van der Waals surface area contributed by atoms with Gasteiger partial charge >= 0.3 is 0 Å². The van der Waals surface area contributed by atoms with E-state index in [1.54, 1.807) is 0 Å². The summed E-state index contributed by atoms with van der Waals surface area (Å²) in [6.07, 6.45) is 25.3. The fourth-order valence-corrected chi connectivity index (χ4v) is 4.19. The summed E-state index contributed by atoms with van der Waals surface area (Å²) in [5.74, 6) is 0. The molecule has 0 saturated carbocycles. The highest BCUT2D eigenvalue weighted by Gasteiger charge is 2.15. The van der Waals surface area contributed by atoms with Gasteiger partial charge in [-0.2, -0.15) is 0 Å². The molecule has 0 rings (SSSR count). The van der Waals surface area contributed by atoms with Gasteiger partial charge < -0.3 is 28.3 Å². The van der Waals surface area contributed by atoms with E-state index < -0.39 is 13.9 Å². The number of phosphoric ester groups is 1. The van der Waals surface area contributed by atoms with E-state index in [4.69, 9.17) is 13.8 Å². The molecular weight excluding hydrogens is 477 g/mol. The van der Waals surface area contributed by atoms with Crippen molar-refractivity contribution >= 4 is 7.82 Å². The van der Waals surface area contributed by atoms with Crippen molar-refractivity contribution in [1.82, 2.24) is 0 Å². The Hall–Kier alpha value is -0.530. The monoisotopic (exact) mass is 533 g/mol. The van der Waals surface area contributed by atoms with Gasteiger partial charge in [-0.1, -0.05) is 82.6 Å². The lowest BCUT2D eigenvalue weighted by molar-refractivity contribution is -0.870. The van der Waals surface area contributed by atoms with Crippen LogP contribution < -0.4 is 4.89 Å². The zero-order chi connectivity index (χ0) is 27.0. The molecule has 214 valence electrons. The van der Waals surface area contributed by atoms with E-state index in [0.717, 1.165) is 19.3 Å². The summed E-state index contributed by atoms with van der Waals surface area (Å²) in [7, 11) is 1.43. The van der Waals surface area contributed by atoms with Crippen LogP contribution in [-0.4, -0.2) is 69.8 Å². The molecule has 2 unspecified atom stereocenters. The molecule has 0 spiro atoms. The topological polar surface area (TPSA) is 88.0 Å². The van der Waals surface area contributed by atoms with Crippen molar-refractivity contribution < 1.29 is 32.8 Å². The largest absolute Gasteiger partial charge is 0.756 e. The first-order valence-corrected chi connectivity index (χ1v) is 15.6. The Morgan fingerprint density at radius 2 is 1.33 bits per heavy atom. The molecule has 1 N–H and O–H groups in total. The average Bonchev–Trinajstić information content (AvgIpc) is 2.80. The van der Waals surface area contributed by atoms with Crippen molar-refractivity contribution in [2.45, 2.75) is 103 Å². The minimum atomic E-state index is -4.39. The Morgan fingerprint density at radius 1 is 0.778 bits per heavy atom. The fourth-order valence-electron chi connectivity index (χ4n) is 3.45. The Labute approximate surface area is 222 Å². The highest BCUT2D eigenvalue weighted by atomic mass is 31.2. The summed E-state index contributed by atoms with van der Waals surface area (Å²) in [6.45, 7) is 3.10. The Morgan fingerprint density at radius 3 is 1.92 bits per heavy atom. The number of phosphoric acid groups is 1. The van der Waals surface area contributed by atoms with Gasteiger partial charge in [0.25, 0.3) is 7.82 Å². The van der Waals surface area contributed by atoms with E-state index >= 15 is 0 Å². The summed E-state index contributed by atoms with van der Waals surface area (Å²) in [6, 6.07) is 0. The molecule has 36 heavy (non-hydrogen) atoms. The molecule has 0 aromatic rings. The minimum Gasteiger partial charge on any atom is -0.756 e. The van der Waals surface area contributed by atoms with Crippen LogP contribution in [-0.2, 0) is 18.3 Å². The van der Waals surface area contributed by atoms with Gasteiger partial charge in [0.05, 0.1) is 34.4 Å². The minimum absolute atomic E-state index is 0.0472. The van der Waals surface area contributed by atoms with Crippen LogP contribution in [0.1, 0.15) is 96.8 Å². The highest BCUT2D eigenvalue weighted by molar-refractivity contribution is 7.45. The van der Waals surface area contributed by atoms with Crippen LogP contribution in [0.15, 0.2) is 24.3 Å². The van der Waals surface area contributed by atoms with Crippen molar-refractivity contribution in [3.63, 3.8) is 0 Å². The quantitative estimate of drug-likeness (QED) is 0.0620. The third kappa shape index (κ3) is 28.0. The van der Waals surface area contributed by atoms with Crippen LogP contribution in [0.2, 0.25) is 0 Å². The van der Waals surface area contributed by atoms with Crippen molar-refractivity contribution in [2.24, 2.45) is 0 Å². The van der Waals surface area contributed by atoms with E-state index in [0.29, 0.717) is 17.6 Å². The first kappa shape index (κ1) is 35.5. The summed E-state index contributed by atoms with van der Waals surface area (Å²) in [4.78, 5) is 11.7. The molecule has 0 aromatic heterocycles. The Balaban J connectivity index is 3.43. The van der Waals surface area contributed by atoms with E-state index in [9.17, 15) is 14.6 Å². The number of ether oxygens (including phenoxy) is 1. The van der Waals surface area contributed by atoms with Crippen LogP contribution in [0, 0.1) is 0 Å². The number of unbranched alkanes of at least 4 members (excludes halogenated alkanes) is 11. The smallest absolute Gasteiger partial charge is 0.268 e. The molecule has 0 aromatic carbocycles. The third-order valence-corrected chi connectivity index (χ3v) is 6.70. The number of hydrogen-bond donors (Lipinski definition) is 1. The molecular formula is C28H56NO6P. The van der Waals surface area contributed by atoms with Gasteiger partial charge in [-0.15, -0.1) is 0 Å². The van der Waals surface area contributed by atoms with Crippen LogP contribution in [0.4, 0.5) is 0 Å². The first-order valence-electron chi connectivity index (χ1n) is 14.1. The van der Waals surface area contributed by atoms with Crippen LogP contribution in [0.25, 0.3) is 0 Å². The molecule has 0 radical (unpaired) electrons. The predicted molar refractivity (Wildman–Crippen MR) is 148 cm³/mol. The van der Waals surface area contributed by atoms with E-state index in [1.807, 2.05) is 21.1 Å². The number of nitrogens with zero attached hydrogens (tertiary/aromatic N) is 1.